The first kappa shape index (κ1) is 16.0. The third-order valence-electron chi connectivity index (χ3n) is 4.07. The molecule has 1 aromatic heterocycles. The number of nitrogens with zero attached hydrogens (tertiary/aromatic N) is 2. The number of imide groups is 1. The van der Waals surface area contributed by atoms with Crippen LogP contribution in [0.3, 0.4) is 0 Å². The molecule has 0 atom stereocenters. The zero-order valence-electron chi connectivity index (χ0n) is 13.3. The van der Waals surface area contributed by atoms with E-state index in [-0.39, 0.29) is 11.1 Å². The van der Waals surface area contributed by atoms with Crippen molar-refractivity contribution in [3.63, 3.8) is 0 Å². The van der Waals surface area contributed by atoms with Crippen molar-refractivity contribution in [3.8, 4) is 0 Å². The molecule has 2 amide bonds. The van der Waals surface area contributed by atoms with Crippen LogP contribution in [-0.4, -0.2) is 15.7 Å². The molecular weight excluding hydrogens is 356 g/mol. The van der Waals surface area contributed by atoms with E-state index in [1.54, 1.807) is 30.3 Å². The van der Waals surface area contributed by atoms with Crippen molar-refractivity contribution in [3.05, 3.63) is 70.2 Å². The lowest BCUT2D eigenvalue weighted by molar-refractivity contribution is -0.113. The van der Waals surface area contributed by atoms with Gasteiger partial charge in [0.2, 0.25) is 0 Å². The molecule has 1 aliphatic heterocycles. The Bertz CT molecular complexity index is 1050. The first-order chi connectivity index (χ1) is 12.0. The van der Waals surface area contributed by atoms with Gasteiger partial charge in [0.1, 0.15) is 0 Å². The van der Waals surface area contributed by atoms with Crippen LogP contribution in [0, 0.1) is 0 Å². The van der Waals surface area contributed by atoms with E-state index in [9.17, 15) is 9.59 Å². The molecule has 2 aromatic carbocycles. The van der Waals surface area contributed by atoms with Gasteiger partial charge in [0.05, 0.1) is 10.6 Å². The number of hydrogen-bond acceptors (Lipinski definition) is 3. The highest BCUT2D eigenvalue weighted by Gasteiger charge is 2.36. The first-order valence-corrected chi connectivity index (χ1v) is 8.81. The van der Waals surface area contributed by atoms with Gasteiger partial charge in [-0.1, -0.05) is 35.9 Å². The number of amides is 2. The van der Waals surface area contributed by atoms with E-state index < -0.39 is 0 Å². The van der Waals surface area contributed by atoms with Crippen LogP contribution in [0.1, 0.15) is 5.56 Å². The van der Waals surface area contributed by atoms with Crippen molar-refractivity contribution >= 4 is 57.2 Å². The van der Waals surface area contributed by atoms with Crippen molar-refractivity contribution in [2.75, 3.05) is 4.90 Å². The predicted octanol–water partition coefficient (Wildman–Crippen LogP) is 5.07. The maximum atomic E-state index is 12.7. The Balaban J connectivity index is 1.75. The van der Waals surface area contributed by atoms with Crippen LogP contribution in [0.2, 0.25) is 5.02 Å². The van der Waals surface area contributed by atoms with E-state index >= 15 is 0 Å². The Morgan fingerprint density at radius 1 is 1.08 bits per heavy atom. The highest BCUT2D eigenvalue weighted by atomic mass is 35.5. The van der Waals surface area contributed by atoms with Gasteiger partial charge in [0.15, 0.2) is 0 Å². The normalized spacial score (nSPS) is 16.4. The second-order valence-electron chi connectivity index (χ2n) is 5.71. The third kappa shape index (κ3) is 2.75. The molecule has 0 bridgehead atoms. The summed E-state index contributed by atoms with van der Waals surface area (Å²) in [5.41, 5.74) is 2.47. The summed E-state index contributed by atoms with van der Waals surface area (Å²) in [6.07, 6.45) is 3.73. The van der Waals surface area contributed by atoms with Gasteiger partial charge >= 0.3 is 0 Å². The van der Waals surface area contributed by atoms with Crippen LogP contribution >= 0.6 is 23.4 Å². The first-order valence-electron chi connectivity index (χ1n) is 7.62. The minimum absolute atomic E-state index is 0.321. The molecule has 124 valence electrons. The lowest BCUT2D eigenvalue weighted by atomic mass is 10.1. The molecule has 0 unspecified atom stereocenters. The molecule has 1 fully saturated rings. The number of fused-ring (bicyclic) bond motifs is 1. The number of rotatable bonds is 2. The summed E-state index contributed by atoms with van der Waals surface area (Å²) in [5.74, 6) is -0.329. The molecule has 6 heteroatoms. The molecule has 4 rings (SSSR count). The number of aromatic nitrogens is 1. The summed E-state index contributed by atoms with van der Waals surface area (Å²) in [5, 5.41) is 1.20. The second-order valence-corrected chi connectivity index (χ2v) is 7.14. The summed E-state index contributed by atoms with van der Waals surface area (Å²) in [6, 6.07) is 14.7. The van der Waals surface area contributed by atoms with Crippen LogP contribution < -0.4 is 4.90 Å². The number of benzene rings is 2. The molecule has 0 N–H and O–H groups in total. The summed E-state index contributed by atoms with van der Waals surface area (Å²) >= 11 is 6.92. The number of halogens is 1. The average molecular weight is 369 g/mol. The summed E-state index contributed by atoms with van der Waals surface area (Å²) < 4.78 is 2.00. The Morgan fingerprint density at radius 3 is 2.68 bits per heavy atom. The standard InChI is InChI=1S/C19H13ClN2O2S/c1-21-11-12(15-7-2-3-8-16(15)21)9-17-18(23)22(19(24)25-17)14-6-4-5-13(20)10-14/h2-11H,1H3/b17-9-. The molecule has 25 heavy (non-hydrogen) atoms. The number of carbonyl (C=O) groups is 2. The lowest BCUT2D eigenvalue weighted by Crippen LogP contribution is -2.27. The largest absolute Gasteiger partial charge is 0.350 e. The highest BCUT2D eigenvalue weighted by molar-refractivity contribution is 8.19. The molecule has 1 saturated heterocycles. The minimum atomic E-state index is -0.329. The number of anilines is 1. The SMILES string of the molecule is Cn1cc(/C=C2\SC(=O)N(c3cccc(Cl)c3)C2=O)c2ccccc21. The molecular formula is C19H13ClN2O2S. The van der Waals surface area contributed by atoms with Gasteiger partial charge in [0.25, 0.3) is 11.1 Å². The number of carbonyl (C=O) groups excluding carboxylic acids is 2. The van der Waals surface area contributed by atoms with Gasteiger partial charge in [-0.3, -0.25) is 9.59 Å². The summed E-state index contributed by atoms with van der Waals surface area (Å²) in [4.78, 5) is 26.7. The zero-order chi connectivity index (χ0) is 17.6. The Hall–Kier alpha value is -2.50. The zero-order valence-corrected chi connectivity index (χ0v) is 14.8. The second kappa shape index (κ2) is 6.10. The highest BCUT2D eigenvalue weighted by Crippen LogP contribution is 2.37. The van der Waals surface area contributed by atoms with Gasteiger partial charge < -0.3 is 4.57 Å². The Morgan fingerprint density at radius 2 is 1.88 bits per heavy atom. The van der Waals surface area contributed by atoms with Crippen molar-refractivity contribution < 1.29 is 9.59 Å². The fourth-order valence-corrected chi connectivity index (χ4v) is 3.95. The number of aryl methyl sites for hydroxylation is 1. The fraction of sp³-hybridized carbons (Fsp3) is 0.0526. The molecule has 1 aliphatic rings. The molecule has 2 heterocycles. The van der Waals surface area contributed by atoms with Crippen molar-refractivity contribution in [1.29, 1.82) is 0 Å². The molecule has 0 aliphatic carbocycles. The molecule has 0 radical (unpaired) electrons. The number of para-hydroxylation sites is 1. The van der Waals surface area contributed by atoms with Crippen LogP contribution in [-0.2, 0) is 11.8 Å². The van der Waals surface area contributed by atoms with Gasteiger partial charge in [0, 0.05) is 34.7 Å². The quantitative estimate of drug-likeness (QED) is 0.593. The van der Waals surface area contributed by atoms with Gasteiger partial charge in [-0.05, 0) is 42.1 Å². The third-order valence-corrected chi connectivity index (χ3v) is 5.18. The predicted molar refractivity (Wildman–Crippen MR) is 103 cm³/mol. The van der Waals surface area contributed by atoms with E-state index in [2.05, 4.69) is 0 Å². The lowest BCUT2D eigenvalue weighted by Gasteiger charge is -2.12. The molecule has 0 spiro atoms. The van der Waals surface area contributed by atoms with Crippen molar-refractivity contribution in [2.24, 2.45) is 7.05 Å². The van der Waals surface area contributed by atoms with E-state index in [1.165, 1.54) is 0 Å². The van der Waals surface area contributed by atoms with Gasteiger partial charge in [-0.15, -0.1) is 0 Å². The van der Waals surface area contributed by atoms with Crippen LogP contribution in [0.15, 0.2) is 59.6 Å². The van der Waals surface area contributed by atoms with E-state index in [1.807, 2.05) is 42.1 Å². The number of hydrogen-bond donors (Lipinski definition) is 0. The van der Waals surface area contributed by atoms with Crippen molar-refractivity contribution in [1.82, 2.24) is 4.57 Å². The summed E-state index contributed by atoms with van der Waals surface area (Å²) in [6.45, 7) is 0. The smallest absolute Gasteiger partial charge is 0.298 e. The maximum Gasteiger partial charge on any atom is 0.298 e. The van der Waals surface area contributed by atoms with Gasteiger partial charge in [-0.2, -0.15) is 0 Å². The van der Waals surface area contributed by atoms with E-state index in [4.69, 9.17) is 11.6 Å². The molecule has 0 saturated carbocycles. The topological polar surface area (TPSA) is 42.3 Å². The van der Waals surface area contributed by atoms with Gasteiger partial charge in [-0.25, -0.2) is 4.90 Å². The fourth-order valence-electron chi connectivity index (χ4n) is 2.93. The summed E-state index contributed by atoms with van der Waals surface area (Å²) in [7, 11) is 1.96. The molecule has 3 aromatic rings. The van der Waals surface area contributed by atoms with Crippen LogP contribution in [0.4, 0.5) is 10.5 Å². The molecule has 4 nitrogen and oxygen atoms in total. The van der Waals surface area contributed by atoms with Crippen LogP contribution in [0.5, 0.6) is 0 Å². The van der Waals surface area contributed by atoms with Crippen LogP contribution in [0.25, 0.3) is 17.0 Å². The minimum Gasteiger partial charge on any atom is -0.350 e. The Kier molecular flexibility index (Phi) is 3.90. The van der Waals surface area contributed by atoms with E-state index in [0.717, 1.165) is 33.1 Å². The van der Waals surface area contributed by atoms with Crippen molar-refractivity contribution in [2.45, 2.75) is 0 Å². The van der Waals surface area contributed by atoms with E-state index in [0.29, 0.717) is 15.6 Å². The Labute approximate surface area is 153 Å². The average Bonchev–Trinajstić information content (AvgIpc) is 3.05. The monoisotopic (exact) mass is 368 g/mol. The maximum absolute atomic E-state index is 12.7. The number of thioether (sulfide) groups is 1.